The van der Waals surface area contributed by atoms with Crippen molar-refractivity contribution in [2.24, 2.45) is 0 Å². The maximum absolute atomic E-state index is 2.90. The molecular weight excluding hydrogens is 470 g/mol. The second-order valence-corrected chi connectivity index (χ2v) is 6.53. The van der Waals surface area contributed by atoms with Crippen molar-refractivity contribution in [2.75, 3.05) is 0 Å². The Morgan fingerprint density at radius 3 is 0.840 bits per heavy atom. The fraction of sp³-hybridized carbons (Fsp3) is 0. The molecule has 0 spiro atoms. The summed E-state index contributed by atoms with van der Waals surface area (Å²) in [6.45, 7) is 0. The van der Waals surface area contributed by atoms with Gasteiger partial charge in [0.25, 0.3) is 0 Å². The molecule has 0 aliphatic carbocycles. The predicted molar refractivity (Wildman–Crippen MR) is 108 cm³/mol. The predicted octanol–water partition coefficient (Wildman–Crippen LogP) is 3.77. The molecule has 2 radical (unpaired) electrons. The van der Waals surface area contributed by atoms with Gasteiger partial charge in [-0.1, -0.05) is 0 Å². The van der Waals surface area contributed by atoms with Gasteiger partial charge in [0.1, 0.15) is 0 Å². The van der Waals surface area contributed by atoms with Crippen LogP contribution in [0.2, 0.25) is 0 Å². The first-order valence-electron chi connectivity index (χ1n) is 7.56. The summed E-state index contributed by atoms with van der Waals surface area (Å²) < 4.78 is 2.39. The van der Waals surface area contributed by atoms with Crippen molar-refractivity contribution >= 4 is 40.9 Å². The Bertz CT molecular complexity index is 577. The zero-order chi connectivity index (χ0) is 17.3. The zero-order valence-corrected chi connectivity index (χ0v) is 18.9. The zero-order valence-electron chi connectivity index (χ0n) is 13.9. The molecule has 3 heteroatoms. The number of benzene rings is 2. The van der Waals surface area contributed by atoms with Crippen LogP contribution in [0.1, 0.15) is 0 Å². The summed E-state index contributed by atoms with van der Waals surface area (Å²) in [7, 11) is 0. The summed E-state index contributed by atoms with van der Waals surface area (Å²) in [6.07, 6.45) is 0. The van der Waals surface area contributed by atoms with Crippen LogP contribution in [0, 0.1) is 0 Å². The van der Waals surface area contributed by atoms with Crippen LogP contribution in [0.15, 0.2) is 121 Å². The van der Waals surface area contributed by atoms with E-state index in [1.807, 2.05) is 121 Å². The molecule has 0 N–H and O–H groups in total. The van der Waals surface area contributed by atoms with E-state index in [1.54, 1.807) is 0 Å². The Hall–Kier alpha value is -1.11. The minimum atomic E-state index is 0. The SMILES string of the molecule is [Se]c1ccccc1.[Se]c1ccccc1.[Ti+2].c1cc[cH-]c1.c1cc[cH-]c1. The smallest absolute Gasteiger partial charge is 0.214 e. The van der Waals surface area contributed by atoms with Gasteiger partial charge in [0.05, 0.1) is 0 Å². The fourth-order valence-corrected chi connectivity index (χ4v) is 2.14. The maximum Gasteiger partial charge on any atom is 2.00 e. The molecule has 4 rings (SSSR count). The standard InChI is InChI=1S/2C6H5Se.2C5H5.Ti/c2*7-6-4-2-1-3-5-6;2*1-2-4-5-3-1;/h2*1-5H;2*1-5H;/q;;2*-1;+2. The van der Waals surface area contributed by atoms with Crippen molar-refractivity contribution in [1.29, 1.82) is 0 Å². The third-order valence-corrected chi connectivity index (χ3v) is 3.74. The molecular formula is C22H20Se2Ti. The number of hydrogen-bond donors (Lipinski definition) is 0. The third-order valence-electron chi connectivity index (χ3n) is 2.60. The van der Waals surface area contributed by atoms with E-state index in [-0.39, 0.29) is 21.7 Å². The van der Waals surface area contributed by atoms with Crippen molar-refractivity contribution in [3.63, 3.8) is 0 Å². The Balaban J connectivity index is 0.000000307. The van der Waals surface area contributed by atoms with Crippen LogP contribution in [0.4, 0.5) is 0 Å². The van der Waals surface area contributed by atoms with Crippen molar-refractivity contribution in [3.8, 4) is 0 Å². The Labute approximate surface area is 182 Å². The molecule has 0 heterocycles. The van der Waals surface area contributed by atoms with E-state index in [4.69, 9.17) is 0 Å². The molecule has 0 aromatic heterocycles. The van der Waals surface area contributed by atoms with Gasteiger partial charge in [0.15, 0.2) is 0 Å². The summed E-state index contributed by atoms with van der Waals surface area (Å²) in [4.78, 5) is 0. The fourth-order valence-electron chi connectivity index (χ4n) is 1.48. The van der Waals surface area contributed by atoms with Gasteiger partial charge in [-0.25, -0.2) is 24.3 Å². The molecule has 0 amide bonds. The molecule has 25 heavy (non-hydrogen) atoms. The normalized spacial score (nSPS) is 8.00. The van der Waals surface area contributed by atoms with Crippen LogP contribution in [0.5, 0.6) is 0 Å². The quantitative estimate of drug-likeness (QED) is 0.260. The van der Waals surface area contributed by atoms with Gasteiger partial charge >= 0.3 is 123 Å². The van der Waals surface area contributed by atoms with Crippen molar-refractivity contribution in [1.82, 2.24) is 0 Å². The molecule has 0 saturated heterocycles. The Morgan fingerprint density at radius 1 is 0.440 bits per heavy atom. The monoisotopic (exact) mass is 492 g/mol. The first-order valence-corrected chi connectivity index (χ1v) is 9.28. The van der Waals surface area contributed by atoms with Crippen molar-refractivity contribution < 1.29 is 21.7 Å². The average molecular weight is 490 g/mol. The van der Waals surface area contributed by atoms with Crippen LogP contribution < -0.4 is 8.92 Å². The van der Waals surface area contributed by atoms with Gasteiger partial charge in [0, 0.05) is 0 Å². The van der Waals surface area contributed by atoms with Crippen molar-refractivity contribution in [2.45, 2.75) is 0 Å². The van der Waals surface area contributed by atoms with Crippen LogP contribution in [-0.2, 0) is 21.7 Å². The topological polar surface area (TPSA) is 0 Å². The number of rotatable bonds is 0. The van der Waals surface area contributed by atoms with Crippen LogP contribution in [-0.4, -0.2) is 32.0 Å². The molecule has 0 bridgehead atoms. The molecule has 124 valence electrons. The molecule has 4 aromatic rings. The van der Waals surface area contributed by atoms with Crippen LogP contribution >= 0.6 is 0 Å². The van der Waals surface area contributed by atoms with Gasteiger partial charge < -0.3 is 0 Å². The van der Waals surface area contributed by atoms with Gasteiger partial charge in [-0.15, -0.1) is 0 Å². The molecule has 4 aromatic carbocycles. The molecule has 0 fully saturated rings. The Morgan fingerprint density at radius 2 is 0.720 bits per heavy atom. The first kappa shape index (κ1) is 23.9. The summed E-state index contributed by atoms with van der Waals surface area (Å²) in [5.74, 6) is 0. The van der Waals surface area contributed by atoms with E-state index >= 15 is 0 Å². The number of hydrogen-bond acceptors (Lipinski definition) is 0. The minimum absolute atomic E-state index is 0. The molecule has 0 nitrogen and oxygen atoms in total. The molecule has 0 saturated carbocycles. The summed E-state index contributed by atoms with van der Waals surface area (Å²) in [5, 5.41) is 0. The third kappa shape index (κ3) is 16.1. The summed E-state index contributed by atoms with van der Waals surface area (Å²) >= 11 is 5.80. The van der Waals surface area contributed by atoms with Crippen LogP contribution in [0.3, 0.4) is 0 Å². The van der Waals surface area contributed by atoms with E-state index in [0.717, 1.165) is 0 Å². The second kappa shape index (κ2) is 17.7. The van der Waals surface area contributed by atoms with E-state index in [9.17, 15) is 0 Å². The first-order chi connectivity index (χ1) is 11.8. The minimum Gasteiger partial charge on any atom is -0.214 e. The largest absolute Gasteiger partial charge is 2.00 e. The van der Waals surface area contributed by atoms with Crippen LogP contribution in [0.25, 0.3) is 0 Å². The van der Waals surface area contributed by atoms with E-state index in [2.05, 4.69) is 32.0 Å². The summed E-state index contributed by atoms with van der Waals surface area (Å²) in [6, 6.07) is 40.1. The summed E-state index contributed by atoms with van der Waals surface area (Å²) in [5.41, 5.74) is 0. The molecule has 0 atom stereocenters. The Kier molecular flexibility index (Phi) is 16.9. The van der Waals surface area contributed by atoms with E-state index in [0.29, 0.717) is 0 Å². The maximum atomic E-state index is 2.90. The second-order valence-electron chi connectivity index (χ2n) is 4.55. The van der Waals surface area contributed by atoms with Crippen molar-refractivity contribution in [3.05, 3.63) is 121 Å². The molecule has 0 unspecified atom stereocenters. The molecule has 0 aliphatic heterocycles. The van der Waals surface area contributed by atoms with Gasteiger partial charge in [-0.2, -0.15) is 36.4 Å². The van der Waals surface area contributed by atoms with E-state index < -0.39 is 0 Å². The van der Waals surface area contributed by atoms with Gasteiger partial charge in [-0.05, 0) is 0 Å². The van der Waals surface area contributed by atoms with Gasteiger partial charge in [0.2, 0.25) is 0 Å². The average Bonchev–Trinajstić information content (AvgIpc) is 3.36. The van der Waals surface area contributed by atoms with E-state index in [1.165, 1.54) is 8.92 Å². The molecule has 0 aliphatic rings. The van der Waals surface area contributed by atoms with Gasteiger partial charge in [-0.3, -0.25) is 0 Å².